The molecule has 0 radical (unpaired) electrons. The number of nitrogens with zero attached hydrogens (tertiary/aromatic N) is 1. The average molecular weight is 476 g/mol. The summed E-state index contributed by atoms with van der Waals surface area (Å²) in [5.74, 6) is -1.95. The molecule has 1 heterocycles. The maximum absolute atomic E-state index is 12.3. The highest BCUT2D eigenvalue weighted by Crippen LogP contribution is 2.25. The van der Waals surface area contributed by atoms with Crippen molar-refractivity contribution in [1.82, 2.24) is 0 Å². The van der Waals surface area contributed by atoms with Gasteiger partial charge in [-0.25, -0.2) is 13.2 Å². The van der Waals surface area contributed by atoms with Crippen molar-refractivity contribution >= 4 is 50.3 Å². The van der Waals surface area contributed by atoms with Crippen LogP contribution in [0.4, 0.5) is 17.1 Å². The highest BCUT2D eigenvalue weighted by atomic mass is 32.2. The molecule has 3 N–H and O–H groups in total. The number of anilines is 3. The number of rotatable bonds is 8. The molecular weight excluding hydrogens is 454 g/mol. The Kier molecular flexibility index (Phi) is 7.01. The Hall–Kier alpha value is -3.57. The summed E-state index contributed by atoms with van der Waals surface area (Å²) in [5.41, 5.74) is 1.28. The molecule has 3 rings (SSSR count). The van der Waals surface area contributed by atoms with Gasteiger partial charge in [0.25, 0.3) is 15.9 Å². The molecule has 0 aliphatic heterocycles. The summed E-state index contributed by atoms with van der Waals surface area (Å²) in [4.78, 5) is 26.3. The predicted molar refractivity (Wildman–Crippen MR) is 123 cm³/mol. The number of hydrogen-bond acceptors (Lipinski definition) is 8. The largest absolute Gasteiger partial charge is 0.507 e. The summed E-state index contributed by atoms with van der Waals surface area (Å²) >= 11 is 1.04. The second kappa shape index (κ2) is 9.71. The number of thiophene rings is 1. The van der Waals surface area contributed by atoms with E-state index in [0.717, 1.165) is 29.2 Å². The number of benzene rings is 2. The number of esters is 1. The predicted octanol–water partition coefficient (Wildman–Crippen LogP) is 3.12. The number of ether oxygens (including phenoxy) is 1. The van der Waals surface area contributed by atoms with Crippen LogP contribution in [0.2, 0.25) is 0 Å². The van der Waals surface area contributed by atoms with Gasteiger partial charge in [0.1, 0.15) is 15.5 Å². The Morgan fingerprint density at radius 2 is 1.75 bits per heavy atom. The lowest BCUT2D eigenvalue weighted by molar-refractivity contribution is -0.119. The molecule has 0 aliphatic carbocycles. The van der Waals surface area contributed by atoms with Gasteiger partial charge >= 0.3 is 5.97 Å². The van der Waals surface area contributed by atoms with Crippen molar-refractivity contribution < 1.29 is 27.9 Å². The van der Waals surface area contributed by atoms with E-state index in [4.69, 9.17) is 4.74 Å². The van der Waals surface area contributed by atoms with Crippen LogP contribution in [0, 0.1) is 0 Å². The van der Waals surface area contributed by atoms with Crippen molar-refractivity contribution in [3.8, 4) is 5.75 Å². The molecule has 9 nitrogen and oxygen atoms in total. The fraction of sp³-hybridized carbons (Fsp3) is 0.143. The molecule has 0 saturated carbocycles. The van der Waals surface area contributed by atoms with Gasteiger partial charge in [0, 0.05) is 31.2 Å². The molecule has 168 valence electrons. The van der Waals surface area contributed by atoms with Crippen LogP contribution in [0.15, 0.2) is 64.2 Å². The van der Waals surface area contributed by atoms with Crippen LogP contribution in [0.25, 0.3) is 0 Å². The molecule has 0 fully saturated rings. The first-order valence-electron chi connectivity index (χ1n) is 9.29. The van der Waals surface area contributed by atoms with Gasteiger partial charge in [-0.3, -0.25) is 9.52 Å². The van der Waals surface area contributed by atoms with Gasteiger partial charge in [-0.2, -0.15) is 0 Å². The zero-order valence-electron chi connectivity index (χ0n) is 17.2. The highest BCUT2D eigenvalue weighted by molar-refractivity contribution is 7.94. The summed E-state index contributed by atoms with van der Waals surface area (Å²) in [6.45, 7) is -0.584. The molecule has 0 unspecified atom stereocenters. The van der Waals surface area contributed by atoms with Crippen LogP contribution in [-0.2, 0) is 19.6 Å². The summed E-state index contributed by atoms with van der Waals surface area (Å²) in [5, 5.41) is 14.2. The summed E-state index contributed by atoms with van der Waals surface area (Å²) in [7, 11) is -0.0397. The van der Waals surface area contributed by atoms with E-state index in [-0.39, 0.29) is 15.5 Å². The lowest BCUT2D eigenvalue weighted by Gasteiger charge is -2.13. The Morgan fingerprint density at radius 1 is 1.06 bits per heavy atom. The Balaban J connectivity index is 1.62. The second-order valence-electron chi connectivity index (χ2n) is 6.84. The molecule has 0 atom stereocenters. The van der Waals surface area contributed by atoms with Gasteiger partial charge in [-0.15, -0.1) is 11.3 Å². The molecule has 3 aromatic rings. The lowest BCUT2D eigenvalue weighted by Crippen LogP contribution is -2.21. The number of phenols is 1. The van der Waals surface area contributed by atoms with E-state index in [2.05, 4.69) is 10.0 Å². The first kappa shape index (κ1) is 23.1. The number of aromatic hydroxyl groups is 1. The molecular formula is C21H21N3O6S2. The van der Waals surface area contributed by atoms with Crippen molar-refractivity contribution in [2.75, 3.05) is 35.6 Å². The lowest BCUT2D eigenvalue weighted by atomic mass is 10.2. The van der Waals surface area contributed by atoms with Gasteiger partial charge < -0.3 is 20.1 Å². The fourth-order valence-electron chi connectivity index (χ4n) is 2.63. The van der Waals surface area contributed by atoms with Crippen LogP contribution < -0.4 is 14.9 Å². The van der Waals surface area contributed by atoms with Crippen molar-refractivity contribution in [3.05, 3.63) is 65.5 Å². The Labute approximate surface area is 189 Å². The third kappa shape index (κ3) is 5.77. The van der Waals surface area contributed by atoms with Crippen molar-refractivity contribution in [2.45, 2.75) is 4.21 Å². The zero-order valence-corrected chi connectivity index (χ0v) is 18.9. The number of hydrogen-bond donors (Lipinski definition) is 3. The first-order valence-corrected chi connectivity index (χ1v) is 11.7. The Bertz CT molecular complexity index is 1210. The minimum Gasteiger partial charge on any atom is -0.507 e. The van der Waals surface area contributed by atoms with Gasteiger partial charge in [0.2, 0.25) is 0 Å². The van der Waals surface area contributed by atoms with E-state index in [1.54, 1.807) is 23.6 Å². The van der Waals surface area contributed by atoms with Crippen LogP contribution >= 0.6 is 11.3 Å². The van der Waals surface area contributed by atoms with Crippen molar-refractivity contribution in [3.63, 3.8) is 0 Å². The number of carbonyl (C=O) groups is 2. The highest BCUT2D eigenvalue weighted by Gasteiger charge is 2.19. The van der Waals surface area contributed by atoms with Crippen LogP contribution in [-0.4, -0.2) is 46.1 Å². The number of carbonyl (C=O) groups excluding carboxylic acids is 2. The number of nitrogens with one attached hydrogen (secondary N) is 2. The molecule has 1 aromatic heterocycles. The zero-order chi connectivity index (χ0) is 23.3. The molecule has 1 amide bonds. The topological polar surface area (TPSA) is 125 Å². The normalized spacial score (nSPS) is 10.9. The Morgan fingerprint density at radius 3 is 2.38 bits per heavy atom. The monoisotopic (exact) mass is 475 g/mol. The smallest absolute Gasteiger partial charge is 0.342 e. The number of sulfonamides is 1. The third-order valence-electron chi connectivity index (χ3n) is 4.23. The molecule has 0 aliphatic rings. The van der Waals surface area contributed by atoms with E-state index in [1.165, 1.54) is 12.1 Å². The fourth-order valence-corrected chi connectivity index (χ4v) is 4.68. The van der Waals surface area contributed by atoms with Gasteiger partial charge in [-0.1, -0.05) is 6.07 Å². The van der Waals surface area contributed by atoms with E-state index in [1.807, 2.05) is 31.1 Å². The summed E-state index contributed by atoms with van der Waals surface area (Å²) in [6.07, 6.45) is 0. The van der Waals surface area contributed by atoms with E-state index in [0.29, 0.717) is 5.69 Å². The summed E-state index contributed by atoms with van der Waals surface area (Å²) in [6, 6.07) is 13.7. The maximum Gasteiger partial charge on any atom is 0.342 e. The van der Waals surface area contributed by atoms with Gasteiger partial charge in [0.05, 0.1) is 0 Å². The second-order valence-corrected chi connectivity index (χ2v) is 9.69. The quantitative estimate of drug-likeness (QED) is 0.338. The van der Waals surface area contributed by atoms with Gasteiger partial charge in [-0.05, 0) is 53.9 Å². The SMILES string of the molecule is CN(C)c1ccc(NC(=O)COC(=O)c2cc(NS(=O)(=O)c3cccs3)ccc2O)cc1. The van der Waals surface area contributed by atoms with Gasteiger partial charge in [0.15, 0.2) is 6.61 Å². The van der Waals surface area contributed by atoms with Crippen LogP contribution in [0.1, 0.15) is 10.4 Å². The van der Waals surface area contributed by atoms with Crippen LogP contribution in [0.5, 0.6) is 5.75 Å². The minimum atomic E-state index is -3.83. The van der Waals surface area contributed by atoms with E-state index >= 15 is 0 Å². The summed E-state index contributed by atoms with van der Waals surface area (Å²) < 4.78 is 32.1. The molecule has 32 heavy (non-hydrogen) atoms. The standard InChI is InChI=1S/C21H21N3O6S2/c1-24(2)16-8-5-14(6-9-16)22-19(26)13-30-21(27)17-12-15(7-10-18(17)25)23-32(28,29)20-4-3-11-31-20/h3-12,23,25H,13H2,1-2H3,(H,22,26). The van der Waals surface area contributed by atoms with Crippen molar-refractivity contribution in [1.29, 1.82) is 0 Å². The number of amides is 1. The molecule has 11 heteroatoms. The van der Waals surface area contributed by atoms with Crippen LogP contribution in [0.3, 0.4) is 0 Å². The van der Waals surface area contributed by atoms with E-state index < -0.39 is 34.3 Å². The minimum absolute atomic E-state index is 0.0635. The average Bonchev–Trinajstić information content (AvgIpc) is 3.30. The number of phenolic OH excluding ortho intramolecular Hbond substituents is 1. The molecule has 0 spiro atoms. The molecule has 2 aromatic carbocycles. The maximum atomic E-state index is 12.3. The van der Waals surface area contributed by atoms with E-state index in [9.17, 15) is 23.1 Å². The molecule has 0 bridgehead atoms. The third-order valence-corrected chi connectivity index (χ3v) is 7.01. The molecule has 0 saturated heterocycles. The van der Waals surface area contributed by atoms with Crippen molar-refractivity contribution in [2.24, 2.45) is 0 Å². The first-order chi connectivity index (χ1) is 15.2.